The van der Waals surface area contributed by atoms with Crippen LogP contribution in [-0.4, -0.2) is 47.3 Å². The average molecular weight is 513 g/mol. The van der Waals surface area contributed by atoms with E-state index < -0.39 is 25.8 Å². The first-order valence-corrected chi connectivity index (χ1v) is 14.4. The summed E-state index contributed by atoms with van der Waals surface area (Å²) in [5.41, 5.74) is 1.02. The Morgan fingerprint density at radius 3 is 2.27 bits per heavy atom. The summed E-state index contributed by atoms with van der Waals surface area (Å²) in [6, 6.07) is 6.84. The van der Waals surface area contributed by atoms with Crippen molar-refractivity contribution in [2.75, 3.05) is 29.0 Å². The zero-order valence-corrected chi connectivity index (χ0v) is 20.4. The molecule has 1 aliphatic heterocycles. The van der Waals surface area contributed by atoms with Crippen molar-refractivity contribution in [3.8, 4) is 0 Å². The fourth-order valence-corrected chi connectivity index (χ4v) is 6.85. The van der Waals surface area contributed by atoms with Gasteiger partial charge in [-0.3, -0.25) is 4.72 Å². The second-order valence-corrected chi connectivity index (χ2v) is 12.6. The highest BCUT2D eigenvalue weighted by Crippen LogP contribution is 2.44. The summed E-state index contributed by atoms with van der Waals surface area (Å²) in [4.78, 5) is 13.2. The summed E-state index contributed by atoms with van der Waals surface area (Å²) in [6.45, 7) is 1.37. The van der Waals surface area contributed by atoms with Crippen molar-refractivity contribution >= 4 is 48.8 Å². The van der Waals surface area contributed by atoms with E-state index in [-0.39, 0.29) is 32.0 Å². The lowest BCUT2D eigenvalue weighted by atomic mass is 10.1. The number of halogens is 1. The third-order valence-electron chi connectivity index (χ3n) is 5.96. The Bertz CT molecular complexity index is 1310. The molecular weight excluding hydrogens is 488 g/mol. The molecule has 0 spiro atoms. The highest BCUT2D eigenvalue weighted by molar-refractivity contribution is 7.93. The molecule has 1 saturated heterocycles. The number of carboxylic acids is 1. The fourth-order valence-electron chi connectivity index (χ4n) is 4.14. The molecule has 2 aromatic carbocycles. The Morgan fingerprint density at radius 2 is 1.70 bits per heavy atom. The van der Waals surface area contributed by atoms with Crippen molar-refractivity contribution in [3.63, 3.8) is 0 Å². The van der Waals surface area contributed by atoms with Crippen molar-refractivity contribution in [1.82, 2.24) is 0 Å². The van der Waals surface area contributed by atoms with Crippen LogP contribution in [0.5, 0.6) is 0 Å². The van der Waals surface area contributed by atoms with Gasteiger partial charge in [-0.05, 0) is 67.9 Å². The first-order valence-electron chi connectivity index (χ1n) is 10.7. The van der Waals surface area contributed by atoms with Crippen LogP contribution in [0.25, 0.3) is 0 Å². The molecule has 1 heterocycles. The predicted molar refractivity (Wildman–Crippen MR) is 127 cm³/mol. The quantitative estimate of drug-likeness (QED) is 0.572. The number of sulfone groups is 1. The Labute approximate surface area is 198 Å². The second-order valence-electron chi connectivity index (χ2n) is 8.56. The Morgan fingerprint density at radius 1 is 1.03 bits per heavy atom. The van der Waals surface area contributed by atoms with Gasteiger partial charge in [-0.1, -0.05) is 17.7 Å². The molecule has 2 fully saturated rings. The number of nitrogens with zero attached hydrogens (tertiary/aromatic N) is 1. The van der Waals surface area contributed by atoms with Gasteiger partial charge in [-0.25, -0.2) is 21.6 Å². The van der Waals surface area contributed by atoms with Gasteiger partial charge in [0.25, 0.3) is 10.0 Å². The van der Waals surface area contributed by atoms with Crippen LogP contribution in [0.2, 0.25) is 5.02 Å². The number of rotatable bonds is 7. The molecule has 0 aromatic heterocycles. The number of aromatic carboxylic acids is 1. The van der Waals surface area contributed by atoms with Crippen LogP contribution in [0, 0.1) is 0 Å². The molecule has 1 aliphatic carbocycles. The lowest BCUT2D eigenvalue weighted by Gasteiger charge is -2.31. The predicted octanol–water partition coefficient (Wildman–Crippen LogP) is 4.11. The SMILES string of the molecule is CS(=O)(=O)c1cc(NS(=O)(=O)c2cc(C(=O)O)ccc2C2CC2)c(N2CCCCC2)cc1Cl. The molecule has 0 radical (unpaired) electrons. The zero-order chi connectivity index (χ0) is 24.0. The molecule has 1 saturated carbocycles. The van der Waals surface area contributed by atoms with E-state index in [2.05, 4.69) is 4.72 Å². The minimum absolute atomic E-state index is 0.0209. The highest BCUT2D eigenvalue weighted by Gasteiger charge is 2.32. The third kappa shape index (κ3) is 5.12. The number of benzene rings is 2. The second kappa shape index (κ2) is 8.81. The molecule has 0 amide bonds. The molecule has 4 rings (SSSR count). The number of nitrogens with one attached hydrogen (secondary N) is 1. The maximum Gasteiger partial charge on any atom is 0.335 e. The largest absolute Gasteiger partial charge is 0.478 e. The van der Waals surface area contributed by atoms with E-state index in [9.17, 15) is 26.7 Å². The van der Waals surface area contributed by atoms with E-state index >= 15 is 0 Å². The molecule has 0 unspecified atom stereocenters. The van der Waals surface area contributed by atoms with Crippen LogP contribution in [0.3, 0.4) is 0 Å². The van der Waals surface area contributed by atoms with Gasteiger partial charge in [0.15, 0.2) is 9.84 Å². The molecule has 8 nitrogen and oxygen atoms in total. The fraction of sp³-hybridized carbons (Fsp3) is 0.409. The van der Waals surface area contributed by atoms with Gasteiger partial charge in [0.1, 0.15) is 0 Å². The van der Waals surface area contributed by atoms with E-state index in [0.717, 1.165) is 44.4 Å². The number of hydrogen-bond acceptors (Lipinski definition) is 6. The van der Waals surface area contributed by atoms with Crippen LogP contribution >= 0.6 is 11.6 Å². The van der Waals surface area contributed by atoms with Gasteiger partial charge in [-0.2, -0.15) is 0 Å². The summed E-state index contributed by atoms with van der Waals surface area (Å²) in [5.74, 6) is -1.17. The van der Waals surface area contributed by atoms with E-state index in [1.54, 1.807) is 6.07 Å². The van der Waals surface area contributed by atoms with Gasteiger partial charge < -0.3 is 10.0 Å². The first-order chi connectivity index (χ1) is 15.5. The van der Waals surface area contributed by atoms with Gasteiger partial charge >= 0.3 is 5.97 Å². The number of anilines is 2. The lowest BCUT2D eigenvalue weighted by molar-refractivity contribution is 0.0696. The molecule has 2 N–H and O–H groups in total. The standard InChI is InChI=1S/C22H25ClN2O6S2/c1-32(28,29)21-13-18(19(12-17(21)23)25-9-3-2-4-10-25)24-33(30,31)20-11-15(22(26)27)7-8-16(20)14-5-6-14/h7-8,11-14,24H,2-6,9-10H2,1H3,(H,26,27). The molecule has 178 valence electrons. The zero-order valence-electron chi connectivity index (χ0n) is 18.0. The number of carboxylic acid groups (broad SMARTS) is 1. The third-order valence-corrected chi connectivity index (χ3v) is 8.94. The maximum atomic E-state index is 13.5. The Balaban J connectivity index is 1.83. The molecule has 0 atom stereocenters. The molecule has 2 aliphatic rings. The van der Waals surface area contributed by atoms with Gasteiger partial charge in [-0.15, -0.1) is 0 Å². The van der Waals surface area contributed by atoms with Crippen LogP contribution in [0.4, 0.5) is 11.4 Å². The maximum absolute atomic E-state index is 13.5. The van der Waals surface area contributed by atoms with E-state index in [0.29, 0.717) is 24.3 Å². The summed E-state index contributed by atoms with van der Waals surface area (Å²) in [5, 5.41) is 9.40. The molecule has 33 heavy (non-hydrogen) atoms. The van der Waals surface area contributed by atoms with E-state index in [1.807, 2.05) is 4.90 Å². The van der Waals surface area contributed by atoms with Crippen molar-refractivity contribution in [2.24, 2.45) is 0 Å². The number of hydrogen-bond donors (Lipinski definition) is 2. The van der Waals surface area contributed by atoms with E-state index in [1.165, 1.54) is 18.2 Å². The molecule has 0 bridgehead atoms. The summed E-state index contributed by atoms with van der Waals surface area (Å²) < 4.78 is 54.1. The monoisotopic (exact) mass is 512 g/mol. The first kappa shape index (κ1) is 23.8. The number of piperidine rings is 1. The smallest absolute Gasteiger partial charge is 0.335 e. The van der Waals surface area contributed by atoms with Crippen LogP contribution < -0.4 is 9.62 Å². The summed E-state index contributed by atoms with van der Waals surface area (Å²) >= 11 is 6.28. The van der Waals surface area contributed by atoms with Gasteiger partial charge in [0.2, 0.25) is 0 Å². The lowest BCUT2D eigenvalue weighted by Crippen LogP contribution is -2.30. The van der Waals surface area contributed by atoms with Crippen molar-refractivity contribution < 1.29 is 26.7 Å². The minimum atomic E-state index is -4.22. The molecule has 2 aromatic rings. The van der Waals surface area contributed by atoms with Crippen molar-refractivity contribution in [3.05, 3.63) is 46.5 Å². The Kier molecular flexibility index (Phi) is 6.36. The van der Waals surface area contributed by atoms with Crippen LogP contribution in [-0.2, 0) is 19.9 Å². The average Bonchev–Trinajstić information content (AvgIpc) is 3.59. The Hall–Kier alpha value is -2.30. The van der Waals surface area contributed by atoms with Crippen molar-refractivity contribution in [2.45, 2.75) is 47.8 Å². The number of sulfonamides is 1. The molecular formula is C22H25ClN2O6S2. The van der Waals surface area contributed by atoms with Crippen LogP contribution in [0.1, 0.15) is 53.9 Å². The van der Waals surface area contributed by atoms with Crippen LogP contribution in [0.15, 0.2) is 40.1 Å². The molecule has 11 heteroatoms. The highest BCUT2D eigenvalue weighted by atomic mass is 35.5. The van der Waals surface area contributed by atoms with Crippen molar-refractivity contribution in [1.29, 1.82) is 0 Å². The summed E-state index contributed by atoms with van der Waals surface area (Å²) in [6.07, 6.45) is 5.56. The van der Waals surface area contributed by atoms with Gasteiger partial charge in [0, 0.05) is 19.3 Å². The number of carbonyl (C=O) groups is 1. The normalized spacial score (nSPS) is 17.1. The topological polar surface area (TPSA) is 121 Å². The minimum Gasteiger partial charge on any atom is -0.478 e. The van der Waals surface area contributed by atoms with Gasteiger partial charge in [0.05, 0.1) is 31.8 Å². The van der Waals surface area contributed by atoms with E-state index in [4.69, 9.17) is 11.6 Å². The summed E-state index contributed by atoms with van der Waals surface area (Å²) in [7, 11) is -7.94.